The molecule has 0 N–H and O–H groups in total. The van der Waals surface area contributed by atoms with Gasteiger partial charge >= 0.3 is 0 Å². The van der Waals surface area contributed by atoms with Gasteiger partial charge in [0, 0.05) is 45.0 Å². The van der Waals surface area contributed by atoms with Gasteiger partial charge in [-0.3, -0.25) is 4.98 Å². The summed E-state index contributed by atoms with van der Waals surface area (Å²) in [6.45, 7) is 4.70. The van der Waals surface area contributed by atoms with Crippen molar-refractivity contribution in [1.82, 2.24) is 15.0 Å². The van der Waals surface area contributed by atoms with Crippen LogP contribution in [0.15, 0.2) is 200 Å². The summed E-state index contributed by atoms with van der Waals surface area (Å²) < 4.78 is 6.80. The van der Waals surface area contributed by atoms with Crippen LogP contribution in [0, 0.1) is 0 Å². The van der Waals surface area contributed by atoms with Gasteiger partial charge in [0.15, 0.2) is 5.82 Å². The van der Waals surface area contributed by atoms with Gasteiger partial charge in [0.25, 0.3) is 0 Å². The van der Waals surface area contributed by atoms with Crippen molar-refractivity contribution < 1.29 is 4.74 Å². The largest absolute Gasteiger partial charge is 0.457 e. The number of para-hydroxylation sites is 1. The molecule has 11 rings (SSSR count). The highest BCUT2D eigenvalue weighted by Crippen LogP contribution is 2.61. The molecule has 1 aliphatic heterocycles. The van der Waals surface area contributed by atoms with Crippen LogP contribution < -0.4 is 4.74 Å². The van der Waals surface area contributed by atoms with Gasteiger partial charge in [-0.05, 0) is 81.9 Å². The third-order valence-corrected chi connectivity index (χ3v) is 12.3. The highest BCUT2D eigenvalue weighted by atomic mass is 16.5. The molecular weight excluding hydrogens is 719 g/mol. The zero-order valence-electron chi connectivity index (χ0n) is 32.8. The van der Waals surface area contributed by atoms with E-state index in [4.69, 9.17) is 14.7 Å². The Morgan fingerprint density at radius 3 is 1.59 bits per heavy atom. The Hall–Kier alpha value is -7.43. The van der Waals surface area contributed by atoms with Crippen molar-refractivity contribution in [3.8, 4) is 67.8 Å². The quantitative estimate of drug-likeness (QED) is 0.175. The van der Waals surface area contributed by atoms with Crippen molar-refractivity contribution in [2.75, 3.05) is 0 Å². The molecule has 0 amide bonds. The van der Waals surface area contributed by atoms with Crippen molar-refractivity contribution in [3.05, 3.63) is 234 Å². The normalized spacial score (nSPS) is 14.0. The second-order valence-electron chi connectivity index (χ2n) is 16.0. The second kappa shape index (κ2) is 13.6. The van der Waals surface area contributed by atoms with Crippen LogP contribution in [0.4, 0.5) is 0 Å². The van der Waals surface area contributed by atoms with Gasteiger partial charge in [0.1, 0.15) is 11.5 Å². The summed E-state index contributed by atoms with van der Waals surface area (Å²) in [5, 5.41) is 0. The molecule has 280 valence electrons. The molecule has 0 fully saturated rings. The first kappa shape index (κ1) is 34.8. The molecule has 0 saturated heterocycles. The third-order valence-electron chi connectivity index (χ3n) is 12.3. The number of hydrogen-bond donors (Lipinski definition) is 0. The number of aromatic nitrogens is 3. The Bertz CT molecular complexity index is 3010. The number of benzene rings is 7. The van der Waals surface area contributed by atoms with Crippen LogP contribution in [0.25, 0.3) is 56.3 Å². The van der Waals surface area contributed by atoms with E-state index in [1.165, 1.54) is 22.3 Å². The van der Waals surface area contributed by atoms with Gasteiger partial charge < -0.3 is 4.74 Å². The smallest absolute Gasteiger partial charge is 0.160 e. The Morgan fingerprint density at radius 2 is 0.881 bits per heavy atom. The summed E-state index contributed by atoms with van der Waals surface area (Å²) in [5.41, 5.74) is 15.6. The SMILES string of the molecule is CC1(C)c2ccccc2C2(c3ccccc3Oc3ccc(-c4cccc(-c5cc(-c6ccccc6)nc(-c6cccc(-c7ccccn7)c6)n5)c4)cc32)c2ccccc21. The highest BCUT2D eigenvalue weighted by Gasteiger charge is 2.52. The molecule has 2 aromatic heterocycles. The number of rotatable bonds is 5. The Labute approximate surface area is 344 Å². The predicted molar refractivity (Wildman–Crippen MR) is 238 cm³/mol. The molecule has 1 spiro atoms. The summed E-state index contributed by atoms with van der Waals surface area (Å²) in [6.07, 6.45) is 1.82. The van der Waals surface area contributed by atoms with Crippen molar-refractivity contribution in [2.45, 2.75) is 24.7 Å². The fraction of sp³-hybridized carbons (Fsp3) is 0.0727. The maximum atomic E-state index is 6.80. The van der Waals surface area contributed by atoms with Crippen LogP contribution in [0.1, 0.15) is 47.2 Å². The fourth-order valence-electron chi connectivity index (χ4n) is 9.49. The van der Waals surface area contributed by atoms with E-state index in [0.717, 1.165) is 73.1 Å². The van der Waals surface area contributed by atoms with Gasteiger partial charge in [0.05, 0.1) is 22.5 Å². The van der Waals surface area contributed by atoms with Gasteiger partial charge in [-0.1, -0.05) is 159 Å². The van der Waals surface area contributed by atoms with Crippen LogP contribution in [0.2, 0.25) is 0 Å². The first-order valence-electron chi connectivity index (χ1n) is 20.2. The second-order valence-corrected chi connectivity index (χ2v) is 16.0. The standard InChI is InChI=1S/C55H39N3O/c1-54(2)42-22-6-8-24-44(42)55(45-25-9-7-23-43(45)54)46-26-10-11-28-51(46)59-52-30-29-38(34-47(52)55)37-18-14-20-40(32-37)50-35-49(36-16-4-3-5-17-36)57-53(58-50)41-21-15-19-39(33-41)48-27-12-13-31-56-48/h3-35H,1-2H3. The monoisotopic (exact) mass is 757 g/mol. The molecule has 2 aliphatic rings. The van der Waals surface area contributed by atoms with Crippen molar-refractivity contribution in [1.29, 1.82) is 0 Å². The van der Waals surface area contributed by atoms with Crippen molar-refractivity contribution in [3.63, 3.8) is 0 Å². The minimum absolute atomic E-state index is 0.188. The summed E-state index contributed by atoms with van der Waals surface area (Å²) >= 11 is 0. The average molecular weight is 758 g/mol. The zero-order chi connectivity index (χ0) is 39.6. The van der Waals surface area contributed by atoms with E-state index in [1.807, 2.05) is 48.7 Å². The number of fused-ring (bicyclic) bond motifs is 8. The zero-order valence-corrected chi connectivity index (χ0v) is 32.8. The lowest BCUT2D eigenvalue weighted by atomic mass is 9.53. The van der Waals surface area contributed by atoms with E-state index < -0.39 is 5.41 Å². The fourth-order valence-corrected chi connectivity index (χ4v) is 9.49. The molecule has 7 aromatic carbocycles. The first-order valence-corrected chi connectivity index (χ1v) is 20.2. The third kappa shape index (κ3) is 5.55. The summed E-state index contributed by atoms with van der Waals surface area (Å²) in [6, 6.07) is 68.7. The van der Waals surface area contributed by atoms with E-state index in [-0.39, 0.29) is 5.41 Å². The predicted octanol–water partition coefficient (Wildman–Crippen LogP) is 13.3. The lowest BCUT2D eigenvalue weighted by Crippen LogP contribution is -2.43. The Morgan fingerprint density at radius 1 is 0.356 bits per heavy atom. The van der Waals surface area contributed by atoms with Gasteiger partial charge in [-0.15, -0.1) is 0 Å². The molecule has 3 heterocycles. The van der Waals surface area contributed by atoms with Crippen molar-refractivity contribution >= 4 is 0 Å². The summed E-state index contributed by atoms with van der Waals surface area (Å²) in [7, 11) is 0. The highest BCUT2D eigenvalue weighted by molar-refractivity contribution is 5.81. The van der Waals surface area contributed by atoms with Crippen molar-refractivity contribution in [2.24, 2.45) is 0 Å². The molecule has 4 heteroatoms. The maximum absolute atomic E-state index is 6.80. The lowest BCUT2D eigenvalue weighted by molar-refractivity contribution is 0.425. The van der Waals surface area contributed by atoms with E-state index in [1.54, 1.807) is 0 Å². The molecular formula is C55H39N3O. The molecule has 0 saturated carbocycles. The molecule has 0 radical (unpaired) electrons. The van der Waals surface area contributed by atoms with Crippen LogP contribution >= 0.6 is 0 Å². The minimum Gasteiger partial charge on any atom is -0.457 e. The molecule has 0 bridgehead atoms. The summed E-state index contributed by atoms with van der Waals surface area (Å²) in [5.74, 6) is 2.42. The first-order chi connectivity index (χ1) is 29.0. The van der Waals surface area contributed by atoms with E-state index >= 15 is 0 Å². The average Bonchev–Trinajstić information content (AvgIpc) is 3.31. The van der Waals surface area contributed by atoms with Crippen LogP contribution in [0.3, 0.4) is 0 Å². The van der Waals surface area contributed by atoms with Gasteiger partial charge in [-0.25, -0.2) is 9.97 Å². The Kier molecular flexibility index (Phi) is 8.02. The van der Waals surface area contributed by atoms with Gasteiger partial charge in [-0.2, -0.15) is 0 Å². The van der Waals surface area contributed by atoms with E-state index in [9.17, 15) is 0 Å². The maximum Gasteiger partial charge on any atom is 0.160 e. The minimum atomic E-state index is -0.587. The van der Waals surface area contributed by atoms with Crippen LogP contribution in [-0.2, 0) is 10.8 Å². The van der Waals surface area contributed by atoms with E-state index in [2.05, 4.69) is 170 Å². The molecule has 59 heavy (non-hydrogen) atoms. The number of nitrogens with zero attached hydrogens (tertiary/aromatic N) is 3. The van der Waals surface area contributed by atoms with Gasteiger partial charge in [0.2, 0.25) is 0 Å². The molecule has 0 atom stereocenters. The number of ether oxygens (including phenoxy) is 1. The number of hydrogen-bond acceptors (Lipinski definition) is 4. The number of pyridine rings is 1. The topological polar surface area (TPSA) is 47.9 Å². The molecule has 4 nitrogen and oxygen atoms in total. The van der Waals surface area contributed by atoms with Crippen LogP contribution in [0.5, 0.6) is 11.5 Å². The molecule has 1 aliphatic carbocycles. The van der Waals surface area contributed by atoms with E-state index in [0.29, 0.717) is 5.82 Å². The Balaban J connectivity index is 1.08. The molecule has 9 aromatic rings. The van der Waals surface area contributed by atoms with Crippen LogP contribution in [-0.4, -0.2) is 15.0 Å². The lowest BCUT2D eigenvalue weighted by Gasteiger charge is -2.50. The summed E-state index contributed by atoms with van der Waals surface area (Å²) in [4.78, 5) is 15.0. The molecule has 0 unspecified atom stereocenters.